The highest BCUT2D eigenvalue weighted by Crippen LogP contribution is 2.38. The topological polar surface area (TPSA) is 76.1 Å². The highest BCUT2D eigenvalue weighted by molar-refractivity contribution is 6.03. The van der Waals surface area contributed by atoms with Crippen LogP contribution >= 0.6 is 0 Å². The SMILES string of the molecule is COc1ccc(Nc2nc3c(c(Nc4ccc(C)c(C)c4)n2)C(=O)CC(C)(C)C3)cc1. The highest BCUT2D eigenvalue weighted by atomic mass is 16.5. The van der Waals surface area contributed by atoms with Crippen LogP contribution in [0.4, 0.5) is 23.1 Å². The molecule has 2 aromatic carbocycles. The van der Waals surface area contributed by atoms with Crippen molar-refractivity contribution in [2.24, 2.45) is 5.41 Å². The number of aryl methyl sites for hydroxylation is 2. The van der Waals surface area contributed by atoms with Crippen LogP contribution in [0, 0.1) is 19.3 Å². The van der Waals surface area contributed by atoms with E-state index in [4.69, 9.17) is 9.72 Å². The summed E-state index contributed by atoms with van der Waals surface area (Å²) in [5, 5.41) is 6.64. The Balaban J connectivity index is 1.74. The third-order valence-electron chi connectivity index (χ3n) is 5.66. The summed E-state index contributed by atoms with van der Waals surface area (Å²) in [5.41, 5.74) is 5.38. The molecule has 0 atom stereocenters. The predicted molar refractivity (Wildman–Crippen MR) is 124 cm³/mol. The van der Waals surface area contributed by atoms with Crippen LogP contribution in [0.2, 0.25) is 0 Å². The van der Waals surface area contributed by atoms with E-state index in [2.05, 4.69) is 55.4 Å². The van der Waals surface area contributed by atoms with Crippen LogP contribution in [0.25, 0.3) is 0 Å². The van der Waals surface area contributed by atoms with Crippen LogP contribution in [-0.4, -0.2) is 22.9 Å². The number of benzene rings is 2. The van der Waals surface area contributed by atoms with Crippen LogP contribution in [0.1, 0.15) is 47.4 Å². The van der Waals surface area contributed by atoms with E-state index in [1.807, 2.05) is 30.3 Å². The second kappa shape index (κ2) is 8.02. The van der Waals surface area contributed by atoms with Crippen LogP contribution in [0.15, 0.2) is 42.5 Å². The molecule has 0 radical (unpaired) electrons. The average Bonchev–Trinajstić information content (AvgIpc) is 2.70. The van der Waals surface area contributed by atoms with Gasteiger partial charge in [-0.15, -0.1) is 0 Å². The molecular weight excluding hydrogens is 388 g/mol. The van der Waals surface area contributed by atoms with Crippen molar-refractivity contribution < 1.29 is 9.53 Å². The minimum atomic E-state index is -0.131. The van der Waals surface area contributed by atoms with Gasteiger partial charge in [0.25, 0.3) is 0 Å². The van der Waals surface area contributed by atoms with Gasteiger partial charge in [-0.25, -0.2) is 4.98 Å². The van der Waals surface area contributed by atoms with Crippen molar-refractivity contribution in [2.75, 3.05) is 17.7 Å². The summed E-state index contributed by atoms with van der Waals surface area (Å²) in [7, 11) is 1.64. The van der Waals surface area contributed by atoms with Gasteiger partial charge in [-0.2, -0.15) is 4.98 Å². The molecule has 0 saturated carbocycles. The number of nitrogens with one attached hydrogen (secondary N) is 2. The van der Waals surface area contributed by atoms with E-state index in [1.54, 1.807) is 7.11 Å². The molecule has 0 unspecified atom stereocenters. The van der Waals surface area contributed by atoms with E-state index in [0.29, 0.717) is 23.8 Å². The van der Waals surface area contributed by atoms with Crippen molar-refractivity contribution in [1.82, 2.24) is 9.97 Å². The Morgan fingerprint density at radius 1 is 0.903 bits per heavy atom. The highest BCUT2D eigenvalue weighted by Gasteiger charge is 2.35. The second-order valence-corrected chi connectivity index (χ2v) is 8.94. The Bertz CT molecular complexity index is 1140. The summed E-state index contributed by atoms with van der Waals surface area (Å²) in [4.78, 5) is 22.4. The van der Waals surface area contributed by atoms with E-state index >= 15 is 0 Å². The van der Waals surface area contributed by atoms with Crippen molar-refractivity contribution in [1.29, 1.82) is 0 Å². The van der Waals surface area contributed by atoms with Gasteiger partial charge in [-0.05, 0) is 73.2 Å². The fraction of sp³-hybridized carbons (Fsp3) is 0.320. The van der Waals surface area contributed by atoms with Crippen LogP contribution in [0.3, 0.4) is 0 Å². The number of rotatable bonds is 5. The number of nitrogens with zero attached hydrogens (tertiary/aromatic N) is 2. The first-order chi connectivity index (χ1) is 14.7. The van der Waals surface area contributed by atoms with E-state index in [9.17, 15) is 4.79 Å². The van der Waals surface area contributed by atoms with Crippen LogP contribution < -0.4 is 15.4 Å². The Hall–Kier alpha value is -3.41. The molecule has 0 aliphatic heterocycles. The molecule has 0 fully saturated rings. The fourth-order valence-electron chi connectivity index (χ4n) is 3.87. The lowest BCUT2D eigenvalue weighted by atomic mass is 9.75. The summed E-state index contributed by atoms with van der Waals surface area (Å²) in [6, 6.07) is 13.7. The molecule has 3 aromatic rings. The maximum Gasteiger partial charge on any atom is 0.229 e. The molecule has 0 saturated heterocycles. The maximum atomic E-state index is 13.0. The Kier molecular flexibility index (Phi) is 5.39. The third-order valence-corrected chi connectivity index (χ3v) is 5.66. The van der Waals surface area contributed by atoms with Crippen molar-refractivity contribution >= 4 is 28.9 Å². The zero-order valence-electron chi connectivity index (χ0n) is 18.7. The van der Waals surface area contributed by atoms with Gasteiger partial charge >= 0.3 is 0 Å². The number of ketones is 1. The molecule has 2 N–H and O–H groups in total. The van der Waals surface area contributed by atoms with Crippen LogP contribution in [-0.2, 0) is 6.42 Å². The van der Waals surface area contributed by atoms with Gasteiger partial charge in [0.1, 0.15) is 11.6 Å². The number of Topliss-reactive ketones (excluding diaryl/α,β-unsaturated/α-hetero) is 1. The van der Waals surface area contributed by atoms with E-state index in [1.165, 1.54) is 11.1 Å². The monoisotopic (exact) mass is 416 g/mol. The van der Waals surface area contributed by atoms with Gasteiger partial charge in [-0.1, -0.05) is 19.9 Å². The number of carbonyl (C=O) groups is 1. The molecule has 6 nitrogen and oxygen atoms in total. The minimum absolute atomic E-state index is 0.0774. The molecule has 160 valence electrons. The zero-order chi connectivity index (χ0) is 22.2. The van der Waals surface area contributed by atoms with Gasteiger partial charge in [0.15, 0.2) is 5.78 Å². The molecular formula is C25H28N4O2. The molecule has 31 heavy (non-hydrogen) atoms. The molecule has 6 heteroatoms. The summed E-state index contributed by atoms with van der Waals surface area (Å²) < 4.78 is 5.23. The number of anilines is 4. The van der Waals surface area contributed by atoms with Gasteiger partial charge in [-0.3, -0.25) is 4.79 Å². The van der Waals surface area contributed by atoms with Gasteiger partial charge in [0, 0.05) is 17.8 Å². The lowest BCUT2D eigenvalue weighted by molar-refractivity contribution is 0.0911. The number of carbonyl (C=O) groups excluding carboxylic acids is 1. The quantitative estimate of drug-likeness (QED) is 0.552. The van der Waals surface area contributed by atoms with Crippen molar-refractivity contribution in [3.8, 4) is 5.75 Å². The second-order valence-electron chi connectivity index (χ2n) is 8.94. The summed E-state index contributed by atoms with van der Waals surface area (Å²) >= 11 is 0. The smallest absolute Gasteiger partial charge is 0.229 e. The number of hydrogen-bond donors (Lipinski definition) is 2. The van der Waals surface area contributed by atoms with E-state index in [0.717, 1.165) is 29.2 Å². The number of methoxy groups -OCH3 is 1. The number of hydrogen-bond acceptors (Lipinski definition) is 6. The zero-order valence-corrected chi connectivity index (χ0v) is 18.7. The summed E-state index contributed by atoms with van der Waals surface area (Å²) in [5.74, 6) is 1.86. The largest absolute Gasteiger partial charge is 0.497 e. The molecule has 1 aliphatic carbocycles. The fourth-order valence-corrected chi connectivity index (χ4v) is 3.87. The van der Waals surface area contributed by atoms with Gasteiger partial charge in [0.2, 0.25) is 5.95 Å². The molecule has 1 aromatic heterocycles. The molecule has 1 heterocycles. The number of aromatic nitrogens is 2. The summed E-state index contributed by atoms with van der Waals surface area (Å²) in [6.45, 7) is 8.35. The van der Waals surface area contributed by atoms with E-state index in [-0.39, 0.29) is 11.2 Å². The Labute approximate surface area is 183 Å². The third kappa shape index (κ3) is 4.53. The molecule has 0 spiro atoms. The first-order valence-corrected chi connectivity index (χ1v) is 10.4. The minimum Gasteiger partial charge on any atom is -0.497 e. The normalized spacial score (nSPS) is 14.7. The van der Waals surface area contributed by atoms with Gasteiger partial charge < -0.3 is 15.4 Å². The first kappa shape index (κ1) is 20.8. The Morgan fingerprint density at radius 2 is 1.61 bits per heavy atom. The molecule has 4 rings (SSSR count). The predicted octanol–water partition coefficient (Wildman–Crippen LogP) is 5.74. The first-order valence-electron chi connectivity index (χ1n) is 10.4. The van der Waals surface area contributed by atoms with Crippen molar-refractivity contribution in [3.63, 3.8) is 0 Å². The lowest BCUT2D eigenvalue weighted by Gasteiger charge is -2.30. The molecule has 0 bridgehead atoms. The molecule has 1 aliphatic rings. The maximum absolute atomic E-state index is 13.0. The average molecular weight is 417 g/mol. The number of ether oxygens (including phenoxy) is 1. The lowest BCUT2D eigenvalue weighted by Crippen LogP contribution is -2.29. The Morgan fingerprint density at radius 3 is 2.29 bits per heavy atom. The van der Waals surface area contributed by atoms with Crippen molar-refractivity contribution in [2.45, 2.75) is 40.5 Å². The summed E-state index contributed by atoms with van der Waals surface area (Å²) in [6.07, 6.45) is 1.20. The van der Waals surface area contributed by atoms with Gasteiger partial charge in [0.05, 0.1) is 18.4 Å². The van der Waals surface area contributed by atoms with Crippen molar-refractivity contribution in [3.05, 3.63) is 64.8 Å². The van der Waals surface area contributed by atoms with Crippen LogP contribution in [0.5, 0.6) is 5.75 Å². The number of fused-ring (bicyclic) bond motifs is 1. The van der Waals surface area contributed by atoms with E-state index < -0.39 is 0 Å². The standard InChI is InChI=1S/C25H28N4O2/c1-15-6-7-18(12-16(15)2)26-23-22-20(13-25(3,4)14-21(22)30)28-24(29-23)27-17-8-10-19(31-5)11-9-17/h6-12H,13-14H2,1-5H3,(H2,26,27,28,29). The molecule has 0 amide bonds.